The minimum atomic E-state index is 0.179. The molecule has 2 nitrogen and oxygen atoms in total. The number of aromatic nitrogens is 1. The highest BCUT2D eigenvalue weighted by Gasteiger charge is 2.17. The second-order valence-corrected chi connectivity index (χ2v) is 6.09. The summed E-state index contributed by atoms with van der Waals surface area (Å²) in [5, 5.41) is 11.0. The standard InChI is InChI=1S/C16H7BrCl2N2/c17-9-5-6-11-14(7-9)21-16(19)12(8-20)15(11)10-3-1-2-4-13(10)18/h1-7H. The van der Waals surface area contributed by atoms with Gasteiger partial charge in [0.1, 0.15) is 11.2 Å². The van der Waals surface area contributed by atoms with Gasteiger partial charge in [-0.2, -0.15) is 5.26 Å². The topological polar surface area (TPSA) is 36.7 Å². The summed E-state index contributed by atoms with van der Waals surface area (Å²) < 4.78 is 0.897. The van der Waals surface area contributed by atoms with Crippen LogP contribution in [0.15, 0.2) is 46.9 Å². The molecule has 0 amide bonds. The molecule has 0 N–H and O–H groups in total. The average Bonchev–Trinajstić information content (AvgIpc) is 2.46. The van der Waals surface area contributed by atoms with Crippen molar-refractivity contribution in [2.45, 2.75) is 0 Å². The van der Waals surface area contributed by atoms with Crippen LogP contribution < -0.4 is 0 Å². The summed E-state index contributed by atoms with van der Waals surface area (Å²) in [6.07, 6.45) is 0. The van der Waals surface area contributed by atoms with Crippen LogP contribution in [0.5, 0.6) is 0 Å². The minimum absolute atomic E-state index is 0.179. The first-order valence-electron chi connectivity index (χ1n) is 6.05. The first-order chi connectivity index (χ1) is 10.1. The van der Waals surface area contributed by atoms with Crippen LogP contribution in [0.3, 0.4) is 0 Å². The molecule has 0 saturated carbocycles. The molecule has 0 aliphatic heterocycles. The van der Waals surface area contributed by atoms with E-state index in [4.69, 9.17) is 23.2 Å². The molecule has 1 aromatic heterocycles. The number of fused-ring (bicyclic) bond motifs is 1. The predicted molar refractivity (Wildman–Crippen MR) is 89.6 cm³/mol. The summed E-state index contributed by atoms with van der Waals surface area (Å²) in [6.45, 7) is 0. The van der Waals surface area contributed by atoms with Gasteiger partial charge in [-0.25, -0.2) is 4.98 Å². The van der Waals surface area contributed by atoms with Crippen LogP contribution in [0.1, 0.15) is 5.56 Å². The fraction of sp³-hybridized carbons (Fsp3) is 0. The van der Waals surface area contributed by atoms with Crippen LogP contribution >= 0.6 is 39.1 Å². The van der Waals surface area contributed by atoms with E-state index in [0.717, 1.165) is 15.4 Å². The van der Waals surface area contributed by atoms with Crippen LogP contribution in [0.25, 0.3) is 22.0 Å². The Hall–Kier alpha value is -1.60. The Kier molecular flexibility index (Phi) is 3.86. The van der Waals surface area contributed by atoms with Crippen molar-refractivity contribution < 1.29 is 0 Å². The van der Waals surface area contributed by atoms with E-state index in [1.807, 2.05) is 36.4 Å². The molecule has 21 heavy (non-hydrogen) atoms. The first kappa shape index (κ1) is 14.3. The molecule has 0 saturated heterocycles. The maximum atomic E-state index is 9.44. The van der Waals surface area contributed by atoms with E-state index < -0.39 is 0 Å². The molecule has 102 valence electrons. The minimum Gasteiger partial charge on any atom is -0.235 e. The molecule has 0 aliphatic rings. The molecular weight excluding hydrogens is 371 g/mol. The second kappa shape index (κ2) is 5.65. The normalized spacial score (nSPS) is 10.6. The number of benzene rings is 2. The van der Waals surface area contributed by atoms with Crippen LogP contribution in [0.2, 0.25) is 10.2 Å². The van der Waals surface area contributed by atoms with Crippen LogP contribution in [-0.2, 0) is 0 Å². The third-order valence-electron chi connectivity index (χ3n) is 3.16. The molecule has 0 spiro atoms. The van der Waals surface area contributed by atoms with E-state index in [0.29, 0.717) is 21.7 Å². The van der Waals surface area contributed by atoms with Gasteiger partial charge >= 0.3 is 0 Å². The highest BCUT2D eigenvalue weighted by atomic mass is 79.9. The fourth-order valence-electron chi connectivity index (χ4n) is 2.25. The summed E-state index contributed by atoms with van der Waals surface area (Å²) in [5.74, 6) is 0. The molecule has 3 aromatic rings. The highest BCUT2D eigenvalue weighted by molar-refractivity contribution is 9.10. The van der Waals surface area contributed by atoms with Crippen LogP contribution in [-0.4, -0.2) is 4.98 Å². The first-order valence-corrected chi connectivity index (χ1v) is 7.60. The predicted octanol–water partition coefficient (Wildman–Crippen LogP) is 5.84. The van der Waals surface area contributed by atoms with Gasteiger partial charge in [0.15, 0.2) is 0 Å². The molecule has 1 heterocycles. The Balaban J connectivity index is 2.50. The highest BCUT2D eigenvalue weighted by Crippen LogP contribution is 2.38. The molecule has 0 radical (unpaired) electrons. The summed E-state index contributed by atoms with van der Waals surface area (Å²) in [6, 6.07) is 15.2. The van der Waals surface area contributed by atoms with Crippen LogP contribution in [0.4, 0.5) is 0 Å². The lowest BCUT2D eigenvalue weighted by Gasteiger charge is -2.12. The van der Waals surface area contributed by atoms with E-state index >= 15 is 0 Å². The smallest absolute Gasteiger partial charge is 0.148 e. The Labute approximate surface area is 140 Å². The summed E-state index contributed by atoms with van der Waals surface area (Å²) in [7, 11) is 0. The van der Waals surface area contributed by atoms with Crippen molar-refractivity contribution in [2.24, 2.45) is 0 Å². The molecular formula is C16H7BrCl2N2. The van der Waals surface area contributed by atoms with E-state index in [1.54, 1.807) is 6.07 Å². The third kappa shape index (κ3) is 2.51. The van der Waals surface area contributed by atoms with Gasteiger partial charge in [-0.3, -0.25) is 0 Å². The summed E-state index contributed by atoms with van der Waals surface area (Å²) >= 11 is 15.9. The zero-order valence-corrected chi connectivity index (χ0v) is 13.7. The van der Waals surface area contributed by atoms with E-state index in [1.165, 1.54) is 0 Å². The quantitative estimate of drug-likeness (QED) is 0.499. The van der Waals surface area contributed by atoms with E-state index in [-0.39, 0.29) is 5.15 Å². The van der Waals surface area contributed by atoms with Crippen molar-refractivity contribution in [3.05, 3.63) is 62.7 Å². The number of hydrogen-bond donors (Lipinski definition) is 0. The van der Waals surface area contributed by atoms with E-state index in [2.05, 4.69) is 27.0 Å². The van der Waals surface area contributed by atoms with Crippen molar-refractivity contribution in [1.29, 1.82) is 5.26 Å². The van der Waals surface area contributed by atoms with E-state index in [9.17, 15) is 5.26 Å². The van der Waals surface area contributed by atoms with Gasteiger partial charge in [0.05, 0.1) is 11.1 Å². The zero-order valence-electron chi connectivity index (χ0n) is 10.6. The van der Waals surface area contributed by atoms with Crippen molar-refractivity contribution >= 4 is 50.0 Å². The van der Waals surface area contributed by atoms with Gasteiger partial charge in [0.2, 0.25) is 0 Å². The van der Waals surface area contributed by atoms with Crippen molar-refractivity contribution in [3.8, 4) is 17.2 Å². The van der Waals surface area contributed by atoms with Gasteiger partial charge in [0.25, 0.3) is 0 Å². The second-order valence-electron chi connectivity index (χ2n) is 4.41. The lowest BCUT2D eigenvalue weighted by atomic mass is 9.97. The number of hydrogen-bond acceptors (Lipinski definition) is 2. The number of pyridine rings is 1. The molecule has 0 bridgehead atoms. The number of halogens is 3. The van der Waals surface area contributed by atoms with Gasteiger partial charge < -0.3 is 0 Å². The number of nitriles is 1. The van der Waals surface area contributed by atoms with Crippen LogP contribution in [0, 0.1) is 11.3 Å². The molecule has 0 fully saturated rings. The van der Waals surface area contributed by atoms with Crippen molar-refractivity contribution in [3.63, 3.8) is 0 Å². The number of rotatable bonds is 1. The van der Waals surface area contributed by atoms with Gasteiger partial charge in [0, 0.05) is 26.0 Å². The Morgan fingerprint density at radius 2 is 1.86 bits per heavy atom. The fourth-order valence-corrected chi connectivity index (χ4v) is 3.06. The lowest BCUT2D eigenvalue weighted by molar-refractivity contribution is 1.37. The zero-order chi connectivity index (χ0) is 15.0. The molecule has 0 unspecified atom stereocenters. The van der Waals surface area contributed by atoms with Gasteiger partial charge in [-0.05, 0) is 18.2 Å². The summed E-state index contributed by atoms with van der Waals surface area (Å²) in [4.78, 5) is 4.29. The lowest BCUT2D eigenvalue weighted by Crippen LogP contribution is -1.93. The van der Waals surface area contributed by atoms with Crippen molar-refractivity contribution in [1.82, 2.24) is 4.98 Å². The molecule has 3 rings (SSSR count). The Bertz CT molecular complexity index is 901. The summed E-state index contributed by atoms with van der Waals surface area (Å²) in [5.41, 5.74) is 2.53. The maximum absolute atomic E-state index is 9.44. The Morgan fingerprint density at radius 3 is 2.57 bits per heavy atom. The van der Waals surface area contributed by atoms with Gasteiger partial charge in [-0.1, -0.05) is 63.4 Å². The largest absolute Gasteiger partial charge is 0.235 e. The monoisotopic (exact) mass is 376 g/mol. The van der Waals surface area contributed by atoms with Crippen molar-refractivity contribution in [2.75, 3.05) is 0 Å². The third-order valence-corrected chi connectivity index (χ3v) is 4.26. The molecule has 2 aromatic carbocycles. The Morgan fingerprint density at radius 1 is 1.10 bits per heavy atom. The molecule has 0 aliphatic carbocycles. The average molecular weight is 378 g/mol. The number of nitrogens with zero attached hydrogens (tertiary/aromatic N) is 2. The molecule has 5 heteroatoms. The maximum Gasteiger partial charge on any atom is 0.148 e. The molecule has 0 atom stereocenters. The van der Waals surface area contributed by atoms with Gasteiger partial charge in [-0.15, -0.1) is 0 Å². The SMILES string of the molecule is N#Cc1c(Cl)nc2cc(Br)ccc2c1-c1ccccc1Cl.